The molecule has 1 aliphatic rings. The Bertz CT molecular complexity index is 758. The molecule has 2 N–H and O–H groups in total. The molecule has 1 heterocycles. The summed E-state index contributed by atoms with van der Waals surface area (Å²) in [6.07, 6.45) is 0.165. The first kappa shape index (κ1) is 14.8. The molecule has 2 aromatic rings. The number of hydrogen-bond donors (Lipinski definition) is 2. The van der Waals surface area contributed by atoms with Crippen LogP contribution in [0.5, 0.6) is 0 Å². The fourth-order valence-corrected chi connectivity index (χ4v) is 2.84. The van der Waals surface area contributed by atoms with Crippen molar-refractivity contribution in [3.8, 4) is 0 Å². The van der Waals surface area contributed by atoms with Gasteiger partial charge in [-0.1, -0.05) is 34.1 Å². The van der Waals surface area contributed by atoms with Crippen LogP contribution in [0.1, 0.15) is 23.5 Å². The number of aryl methyl sites for hydroxylation is 1. The number of fused-ring (bicyclic) bond motifs is 1. The molecule has 5 heteroatoms. The Morgan fingerprint density at radius 2 is 2.05 bits per heavy atom. The van der Waals surface area contributed by atoms with Gasteiger partial charge < -0.3 is 10.6 Å². The lowest BCUT2D eigenvalue weighted by Crippen LogP contribution is -2.30. The minimum Gasteiger partial charge on any atom is -0.326 e. The van der Waals surface area contributed by atoms with Gasteiger partial charge in [0.25, 0.3) is 0 Å². The van der Waals surface area contributed by atoms with Crippen molar-refractivity contribution in [2.24, 2.45) is 0 Å². The third kappa shape index (κ3) is 2.90. The van der Waals surface area contributed by atoms with Gasteiger partial charge in [-0.2, -0.15) is 0 Å². The van der Waals surface area contributed by atoms with Crippen molar-refractivity contribution in [3.63, 3.8) is 0 Å². The summed E-state index contributed by atoms with van der Waals surface area (Å²) in [4.78, 5) is 24.4. The minimum atomic E-state index is -0.464. The van der Waals surface area contributed by atoms with E-state index in [0.29, 0.717) is 5.69 Å². The predicted octanol–water partition coefficient (Wildman–Crippen LogP) is 3.82. The van der Waals surface area contributed by atoms with Gasteiger partial charge in [-0.3, -0.25) is 9.59 Å². The lowest BCUT2D eigenvalue weighted by Gasteiger charge is -2.24. The molecule has 2 amide bonds. The van der Waals surface area contributed by atoms with Crippen molar-refractivity contribution in [2.45, 2.75) is 19.3 Å². The standard InChI is InChI=1S/C17H15BrN2O2/c1-10-8-11(6-7-14(10)18)19-17(22)13-9-16(21)20-15-5-3-2-4-12(13)15/h2-8,13H,9H2,1H3,(H,19,22)(H,20,21)/t13-/m1/s1. The van der Waals surface area contributed by atoms with Crippen LogP contribution < -0.4 is 10.6 Å². The summed E-state index contributed by atoms with van der Waals surface area (Å²) in [6, 6.07) is 13.0. The Kier molecular flexibility index (Phi) is 3.98. The molecule has 0 unspecified atom stereocenters. The Hall–Kier alpha value is -2.14. The highest BCUT2D eigenvalue weighted by atomic mass is 79.9. The van der Waals surface area contributed by atoms with Gasteiger partial charge in [0, 0.05) is 22.3 Å². The molecule has 112 valence electrons. The number of halogens is 1. The zero-order valence-electron chi connectivity index (χ0n) is 12.0. The van der Waals surface area contributed by atoms with Crippen LogP contribution in [0.15, 0.2) is 46.9 Å². The van der Waals surface area contributed by atoms with Crippen molar-refractivity contribution in [1.82, 2.24) is 0 Å². The Balaban J connectivity index is 1.86. The molecule has 0 bridgehead atoms. The molecule has 0 saturated carbocycles. The van der Waals surface area contributed by atoms with Gasteiger partial charge in [-0.25, -0.2) is 0 Å². The first-order chi connectivity index (χ1) is 10.5. The number of benzene rings is 2. The second-order valence-corrected chi connectivity index (χ2v) is 6.20. The number of nitrogens with one attached hydrogen (secondary N) is 2. The number of carbonyl (C=O) groups is 2. The van der Waals surface area contributed by atoms with E-state index in [2.05, 4.69) is 26.6 Å². The second kappa shape index (κ2) is 5.93. The van der Waals surface area contributed by atoms with Crippen molar-refractivity contribution in [2.75, 3.05) is 10.6 Å². The van der Waals surface area contributed by atoms with Crippen LogP contribution >= 0.6 is 15.9 Å². The molecule has 2 aromatic carbocycles. The molecule has 0 spiro atoms. The van der Waals surface area contributed by atoms with Gasteiger partial charge in [0.05, 0.1) is 5.92 Å². The van der Waals surface area contributed by atoms with E-state index in [1.807, 2.05) is 49.4 Å². The number of amides is 2. The summed E-state index contributed by atoms with van der Waals surface area (Å²) in [5, 5.41) is 5.70. The number of rotatable bonds is 2. The quantitative estimate of drug-likeness (QED) is 0.857. The van der Waals surface area contributed by atoms with E-state index in [0.717, 1.165) is 21.3 Å². The van der Waals surface area contributed by atoms with Gasteiger partial charge in [0.1, 0.15) is 0 Å². The Morgan fingerprint density at radius 3 is 2.82 bits per heavy atom. The van der Waals surface area contributed by atoms with Gasteiger partial charge in [0.2, 0.25) is 11.8 Å². The summed E-state index contributed by atoms with van der Waals surface area (Å²) < 4.78 is 0.993. The highest BCUT2D eigenvalue weighted by molar-refractivity contribution is 9.10. The van der Waals surface area contributed by atoms with Crippen LogP contribution in [0.4, 0.5) is 11.4 Å². The Labute approximate surface area is 137 Å². The fraction of sp³-hybridized carbons (Fsp3) is 0.176. The molecule has 22 heavy (non-hydrogen) atoms. The van der Waals surface area contributed by atoms with Gasteiger partial charge >= 0.3 is 0 Å². The molecule has 1 aliphatic heterocycles. The number of hydrogen-bond acceptors (Lipinski definition) is 2. The van der Waals surface area contributed by atoms with Crippen molar-refractivity contribution in [3.05, 3.63) is 58.1 Å². The van der Waals surface area contributed by atoms with Crippen LogP contribution in [0.2, 0.25) is 0 Å². The molecule has 0 aliphatic carbocycles. The first-order valence-corrected chi connectivity index (χ1v) is 7.79. The fourth-order valence-electron chi connectivity index (χ4n) is 2.60. The van der Waals surface area contributed by atoms with Gasteiger partial charge in [-0.05, 0) is 42.3 Å². The molecule has 4 nitrogen and oxygen atoms in total. The summed E-state index contributed by atoms with van der Waals surface area (Å²) >= 11 is 3.44. The first-order valence-electron chi connectivity index (χ1n) is 7.00. The second-order valence-electron chi connectivity index (χ2n) is 5.35. The summed E-state index contributed by atoms with van der Waals surface area (Å²) in [6.45, 7) is 1.96. The topological polar surface area (TPSA) is 58.2 Å². The molecule has 0 aromatic heterocycles. The normalized spacial score (nSPS) is 16.6. The zero-order chi connectivity index (χ0) is 15.7. The number of para-hydroxylation sites is 1. The van der Waals surface area contributed by atoms with E-state index >= 15 is 0 Å². The Morgan fingerprint density at radius 1 is 1.27 bits per heavy atom. The molecule has 0 radical (unpaired) electrons. The van der Waals surface area contributed by atoms with Crippen LogP contribution in [0.3, 0.4) is 0 Å². The summed E-state index contributed by atoms with van der Waals surface area (Å²) in [5.74, 6) is -0.760. The predicted molar refractivity (Wildman–Crippen MR) is 89.9 cm³/mol. The number of carbonyl (C=O) groups excluding carboxylic acids is 2. The van der Waals surface area contributed by atoms with Crippen molar-refractivity contribution in [1.29, 1.82) is 0 Å². The molecular formula is C17H15BrN2O2. The highest BCUT2D eigenvalue weighted by Crippen LogP contribution is 2.33. The van der Waals surface area contributed by atoms with E-state index in [4.69, 9.17) is 0 Å². The third-order valence-electron chi connectivity index (χ3n) is 3.74. The average molecular weight is 359 g/mol. The SMILES string of the molecule is Cc1cc(NC(=O)[C@@H]2CC(=O)Nc3ccccc32)ccc1Br. The molecule has 1 atom stereocenters. The number of anilines is 2. The van der Waals surface area contributed by atoms with Gasteiger partial charge in [-0.15, -0.1) is 0 Å². The van der Waals surface area contributed by atoms with E-state index in [-0.39, 0.29) is 18.2 Å². The van der Waals surface area contributed by atoms with Crippen molar-refractivity contribution < 1.29 is 9.59 Å². The van der Waals surface area contributed by atoms with Gasteiger partial charge in [0.15, 0.2) is 0 Å². The lowest BCUT2D eigenvalue weighted by molar-refractivity contribution is -0.123. The maximum absolute atomic E-state index is 12.6. The summed E-state index contributed by atoms with van der Waals surface area (Å²) in [5.41, 5.74) is 3.34. The third-order valence-corrected chi connectivity index (χ3v) is 4.63. The van der Waals surface area contributed by atoms with Crippen LogP contribution in [0.25, 0.3) is 0 Å². The van der Waals surface area contributed by atoms with Crippen LogP contribution in [-0.4, -0.2) is 11.8 Å². The maximum Gasteiger partial charge on any atom is 0.232 e. The maximum atomic E-state index is 12.6. The van der Waals surface area contributed by atoms with Crippen molar-refractivity contribution >= 4 is 39.1 Å². The van der Waals surface area contributed by atoms with E-state index in [9.17, 15) is 9.59 Å². The van der Waals surface area contributed by atoms with E-state index in [1.54, 1.807) is 0 Å². The van der Waals surface area contributed by atoms with E-state index in [1.165, 1.54) is 0 Å². The summed E-state index contributed by atoms with van der Waals surface area (Å²) in [7, 11) is 0. The molecule has 3 rings (SSSR count). The molecule has 0 saturated heterocycles. The monoisotopic (exact) mass is 358 g/mol. The van der Waals surface area contributed by atoms with E-state index < -0.39 is 5.92 Å². The highest BCUT2D eigenvalue weighted by Gasteiger charge is 2.30. The zero-order valence-corrected chi connectivity index (χ0v) is 13.6. The minimum absolute atomic E-state index is 0.133. The largest absolute Gasteiger partial charge is 0.326 e. The lowest BCUT2D eigenvalue weighted by atomic mass is 9.90. The van der Waals surface area contributed by atoms with Crippen LogP contribution in [0, 0.1) is 6.92 Å². The molecular weight excluding hydrogens is 344 g/mol. The van der Waals surface area contributed by atoms with Crippen LogP contribution in [-0.2, 0) is 9.59 Å². The molecule has 0 fully saturated rings. The average Bonchev–Trinajstić information content (AvgIpc) is 2.50. The smallest absolute Gasteiger partial charge is 0.232 e.